The predicted octanol–water partition coefficient (Wildman–Crippen LogP) is 5.86. The van der Waals surface area contributed by atoms with E-state index in [4.69, 9.17) is 4.74 Å². The number of aryl methyl sites for hydroxylation is 1. The van der Waals surface area contributed by atoms with Gasteiger partial charge < -0.3 is 10.1 Å². The maximum Gasteiger partial charge on any atom is 0.263 e. The second kappa shape index (κ2) is 9.33. The van der Waals surface area contributed by atoms with Gasteiger partial charge in [-0.2, -0.15) is 0 Å². The topological polar surface area (TPSA) is 73.2 Å². The quantitative estimate of drug-likeness (QED) is 0.339. The minimum Gasteiger partial charge on any atom is -0.457 e. The number of carbonyl (C=O) groups is 1. The van der Waals surface area contributed by atoms with E-state index in [1.807, 2.05) is 66.9 Å². The molecule has 0 spiro atoms. The van der Waals surface area contributed by atoms with Gasteiger partial charge in [-0.05, 0) is 48.9 Å². The maximum atomic E-state index is 13.2. The number of benzene rings is 3. The summed E-state index contributed by atoms with van der Waals surface area (Å²) in [5.41, 5.74) is 3.32. The first-order chi connectivity index (χ1) is 16.6. The number of hydrogen-bond acceptors (Lipinski definition) is 5. The third-order valence-corrected chi connectivity index (χ3v) is 6.24. The lowest BCUT2D eigenvalue weighted by Crippen LogP contribution is -2.27. The van der Waals surface area contributed by atoms with Crippen molar-refractivity contribution in [3.05, 3.63) is 106 Å². The Morgan fingerprint density at radius 3 is 2.41 bits per heavy atom. The zero-order valence-electron chi connectivity index (χ0n) is 18.4. The number of amides is 1. The average Bonchev–Trinajstić information content (AvgIpc) is 3.28. The SMILES string of the molecule is Cc1ccc(-c2csc3ncn(CC(=O)Nc4ccc(Oc5ccccc5)cc4)c(=O)c23)cc1. The highest BCUT2D eigenvalue weighted by Crippen LogP contribution is 2.30. The molecule has 0 saturated carbocycles. The fourth-order valence-corrected chi connectivity index (χ4v) is 4.52. The molecule has 0 bridgehead atoms. The standard InChI is InChI=1S/C27H21N3O3S/c1-18-7-9-19(10-8-18)23-16-34-26-25(23)27(32)30(17-28-26)15-24(31)29-20-11-13-22(14-12-20)33-21-5-3-2-4-6-21/h2-14,16-17H,15H2,1H3,(H,29,31). The van der Waals surface area contributed by atoms with Gasteiger partial charge in [0.05, 0.1) is 11.7 Å². The van der Waals surface area contributed by atoms with Crippen LogP contribution in [0, 0.1) is 6.92 Å². The molecule has 0 radical (unpaired) electrons. The molecule has 0 aliphatic rings. The van der Waals surface area contributed by atoms with E-state index in [0.29, 0.717) is 21.7 Å². The van der Waals surface area contributed by atoms with E-state index >= 15 is 0 Å². The van der Waals surface area contributed by atoms with Crippen molar-refractivity contribution in [1.29, 1.82) is 0 Å². The molecule has 0 aliphatic carbocycles. The van der Waals surface area contributed by atoms with Crippen molar-refractivity contribution < 1.29 is 9.53 Å². The summed E-state index contributed by atoms with van der Waals surface area (Å²) in [6.45, 7) is 1.89. The summed E-state index contributed by atoms with van der Waals surface area (Å²) in [5.74, 6) is 1.09. The number of ether oxygens (including phenoxy) is 1. The van der Waals surface area contributed by atoms with Gasteiger partial charge in [0.2, 0.25) is 5.91 Å². The molecule has 0 saturated heterocycles. The van der Waals surface area contributed by atoms with E-state index in [9.17, 15) is 9.59 Å². The van der Waals surface area contributed by atoms with Crippen molar-refractivity contribution in [2.45, 2.75) is 13.5 Å². The molecule has 0 aliphatic heterocycles. The molecule has 2 heterocycles. The largest absolute Gasteiger partial charge is 0.457 e. The van der Waals surface area contributed by atoms with E-state index in [-0.39, 0.29) is 18.0 Å². The molecule has 5 aromatic rings. The molecule has 1 amide bonds. The molecule has 0 unspecified atom stereocenters. The van der Waals surface area contributed by atoms with Crippen LogP contribution in [0.5, 0.6) is 11.5 Å². The lowest BCUT2D eigenvalue weighted by molar-refractivity contribution is -0.116. The first kappa shape index (κ1) is 21.6. The van der Waals surface area contributed by atoms with Gasteiger partial charge >= 0.3 is 0 Å². The van der Waals surface area contributed by atoms with E-state index < -0.39 is 0 Å². The maximum absolute atomic E-state index is 13.2. The number of rotatable bonds is 6. The zero-order valence-corrected chi connectivity index (χ0v) is 19.2. The van der Waals surface area contributed by atoms with Crippen LogP contribution < -0.4 is 15.6 Å². The second-order valence-electron chi connectivity index (χ2n) is 7.86. The molecular weight excluding hydrogens is 446 g/mol. The van der Waals surface area contributed by atoms with Crippen LogP contribution in [0.3, 0.4) is 0 Å². The molecule has 5 rings (SSSR count). The van der Waals surface area contributed by atoms with E-state index in [2.05, 4.69) is 10.3 Å². The molecule has 0 atom stereocenters. The number of fused-ring (bicyclic) bond motifs is 1. The van der Waals surface area contributed by atoms with Crippen molar-refractivity contribution in [3.63, 3.8) is 0 Å². The van der Waals surface area contributed by atoms with Crippen molar-refractivity contribution in [1.82, 2.24) is 9.55 Å². The number of aromatic nitrogens is 2. The smallest absolute Gasteiger partial charge is 0.263 e. The van der Waals surface area contributed by atoms with Gasteiger partial charge in [0.1, 0.15) is 22.9 Å². The Labute approximate surface area is 200 Å². The van der Waals surface area contributed by atoms with Crippen molar-refractivity contribution in [2.75, 3.05) is 5.32 Å². The van der Waals surface area contributed by atoms with Crippen LogP contribution in [0.1, 0.15) is 5.56 Å². The lowest BCUT2D eigenvalue weighted by atomic mass is 10.1. The van der Waals surface area contributed by atoms with Crippen LogP contribution in [-0.2, 0) is 11.3 Å². The molecule has 168 valence electrons. The van der Waals surface area contributed by atoms with Crippen LogP contribution in [0.4, 0.5) is 5.69 Å². The van der Waals surface area contributed by atoms with Gasteiger partial charge in [0.25, 0.3) is 5.56 Å². The van der Waals surface area contributed by atoms with Gasteiger partial charge in [-0.3, -0.25) is 14.2 Å². The molecule has 34 heavy (non-hydrogen) atoms. The van der Waals surface area contributed by atoms with Crippen molar-refractivity contribution in [3.8, 4) is 22.6 Å². The van der Waals surface area contributed by atoms with Gasteiger partial charge in [0.15, 0.2) is 0 Å². The molecule has 1 N–H and O–H groups in total. The van der Waals surface area contributed by atoms with E-state index in [1.165, 1.54) is 22.2 Å². The number of hydrogen-bond donors (Lipinski definition) is 1. The van der Waals surface area contributed by atoms with Gasteiger partial charge in [-0.25, -0.2) is 4.98 Å². The Balaban J connectivity index is 1.31. The van der Waals surface area contributed by atoms with E-state index in [1.54, 1.807) is 24.3 Å². The Bertz CT molecular complexity index is 1510. The normalized spacial score (nSPS) is 10.9. The van der Waals surface area contributed by atoms with Crippen LogP contribution >= 0.6 is 11.3 Å². The fraction of sp³-hybridized carbons (Fsp3) is 0.0741. The summed E-state index contributed by atoms with van der Waals surface area (Å²) in [7, 11) is 0. The highest BCUT2D eigenvalue weighted by atomic mass is 32.1. The van der Waals surface area contributed by atoms with Crippen LogP contribution in [0.25, 0.3) is 21.3 Å². The van der Waals surface area contributed by atoms with Crippen LogP contribution in [-0.4, -0.2) is 15.5 Å². The van der Waals surface area contributed by atoms with Crippen LogP contribution in [0.15, 0.2) is 95.4 Å². The van der Waals surface area contributed by atoms with Crippen molar-refractivity contribution in [2.24, 2.45) is 0 Å². The Morgan fingerprint density at radius 1 is 0.971 bits per heavy atom. The molecule has 3 aromatic carbocycles. The summed E-state index contributed by atoms with van der Waals surface area (Å²) in [6.07, 6.45) is 1.43. The molecule has 0 fully saturated rings. The lowest BCUT2D eigenvalue weighted by Gasteiger charge is -2.09. The van der Waals surface area contributed by atoms with Crippen molar-refractivity contribution >= 4 is 33.1 Å². The first-order valence-corrected chi connectivity index (χ1v) is 11.6. The second-order valence-corrected chi connectivity index (χ2v) is 8.72. The summed E-state index contributed by atoms with van der Waals surface area (Å²) in [6, 6.07) is 24.5. The summed E-state index contributed by atoms with van der Waals surface area (Å²) >= 11 is 1.42. The molecular formula is C27H21N3O3S. The number of anilines is 1. The number of nitrogens with one attached hydrogen (secondary N) is 1. The molecule has 2 aromatic heterocycles. The minimum atomic E-state index is -0.313. The first-order valence-electron chi connectivity index (χ1n) is 10.7. The predicted molar refractivity (Wildman–Crippen MR) is 136 cm³/mol. The van der Waals surface area contributed by atoms with Crippen LogP contribution in [0.2, 0.25) is 0 Å². The summed E-state index contributed by atoms with van der Waals surface area (Å²) in [4.78, 5) is 30.9. The van der Waals surface area contributed by atoms with Gasteiger partial charge in [-0.1, -0.05) is 48.0 Å². The number of nitrogens with zero attached hydrogens (tertiary/aromatic N) is 2. The summed E-state index contributed by atoms with van der Waals surface area (Å²) in [5, 5.41) is 5.30. The highest BCUT2D eigenvalue weighted by Gasteiger charge is 2.15. The number of carbonyl (C=O) groups excluding carboxylic acids is 1. The minimum absolute atomic E-state index is 0.132. The number of para-hydroxylation sites is 1. The Kier molecular flexibility index (Phi) is 5.93. The number of thiophene rings is 1. The highest BCUT2D eigenvalue weighted by molar-refractivity contribution is 7.17. The molecule has 6 nitrogen and oxygen atoms in total. The molecule has 7 heteroatoms. The van der Waals surface area contributed by atoms with E-state index in [0.717, 1.165) is 22.4 Å². The van der Waals surface area contributed by atoms with Gasteiger partial charge in [0, 0.05) is 16.6 Å². The fourth-order valence-electron chi connectivity index (χ4n) is 3.61. The Morgan fingerprint density at radius 2 is 1.68 bits per heavy atom. The third kappa shape index (κ3) is 4.60. The third-order valence-electron chi connectivity index (χ3n) is 5.35. The Hall–Kier alpha value is -4.23. The monoisotopic (exact) mass is 467 g/mol. The van der Waals surface area contributed by atoms with Gasteiger partial charge in [-0.15, -0.1) is 11.3 Å². The average molecular weight is 468 g/mol. The summed E-state index contributed by atoms with van der Waals surface area (Å²) < 4.78 is 7.11. The zero-order chi connectivity index (χ0) is 23.5.